The number of carbonyl (C=O) groups is 1. The van der Waals surface area contributed by atoms with E-state index in [0.717, 1.165) is 15.6 Å². The number of methoxy groups -OCH3 is 1. The second-order valence-corrected chi connectivity index (χ2v) is 6.13. The number of ether oxygens (including phenoxy) is 1. The molecule has 0 saturated heterocycles. The van der Waals surface area contributed by atoms with Crippen molar-refractivity contribution in [1.82, 2.24) is 10.3 Å². The van der Waals surface area contributed by atoms with Gasteiger partial charge in [0.15, 0.2) is 0 Å². The third-order valence-corrected chi connectivity index (χ3v) is 4.49. The molecular weight excluding hydrogens is 280 g/mol. The van der Waals surface area contributed by atoms with Gasteiger partial charge in [-0.25, -0.2) is 4.98 Å². The third kappa shape index (κ3) is 4.12. The van der Waals surface area contributed by atoms with Gasteiger partial charge in [-0.3, -0.25) is 4.79 Å². The lowest BCUT2D eigenvalue weighted by atomic mass is 10.1. The molecule has 1 N–H and O–H groups in total. The lowest BCUT2D eigenvalue weighted by Gasteiger charge is -2.15. The summed E-state index contributed by atoms with van der Waals surface area (Å²) < 4.78 is 4.75. The summed E-state index contributed by atoms with van der Waals surface area (Å²) in [5.74, 6) is -0.208. The third-order valence-electron chi connectivity index (χ3n) is 2.68. The highest BCUT2D eigenvalue weighted by Gasteiger charge is 2.17. The maximum atomic E-state index is 11.5. The molecule has 2 aromatic rings. The molecule has 0 aliphatic rings. The lowest BCUT2D eigenvalue weighted by Crippen LogP contribution is -2.23. The maximum Gasteiger partial charge on any atom is 0.307 e. The minimum atomic E-state index is -0.208. The first-order chi connectivity index (χ1) is 9.19. The van der Waals surface area contributed by atoms with E-state index in [2.05, 4.69) is 10.3 Å². The van der Waals surface area contributed by atoms with Gasteiger partial charge in [-0.05, 0) is 18.4 Å². The fourth-order valence-electron chi connectivity index (χ4n) is 1.73. The van der Waals surface area contributed by atoms with Crippen molar-refractivity contribution in [2.75, 3.05) is 7.11 Å². The number of nitrogens with zero attached hydrogens (tertiary/aromatic N) is 1. The summed E-state index contributed by atoms with van der Waals surface area (Å²) in [5.41, 5.74) is 1.01. The zero-order valence-electron chi connectivity index (χ0n) is 10.9. The Hall–Kier alpha value is -1.24. The van der Waals surface area contributed by atoms with Crippen molar-refractivity contribution < 1.29 is 9.53 Å². The van der Waals surface area contributed by atoms with E-state index >= 15 is 0 Å². The normalized spacial score (nSPS) is 12.3. The summed E-state index contributed by atoms with van der Waals surface area (Å²) in [6, 6.07) is 3.99. The second kappa shape index (κ2) is 6.79. The first kappa shape index (κ1) is 14.2. The Bertz CT molecular complexity index is 522. The monoisotopic (exact) mass is 296 g/mol. The van der Waals surface area contributed by atoms with Crippen molar-refractivity contribution in [2.45, 2.75) is 25.9 Å². The summed E-state index contributed by atoms with van der Waals surface area (Å²) in [6.07, 6.45) is 0.333. The van der Waals surface area contributed by atoms with Crippen LogP contribution in [0, 0.1) is 6.92 Å². The van der Waals surface area contributed by atoms with Crippen LogP contribution in [0.2, 0.25) is 0 Å². The molecule has 4 nitrogen and oxygen atoms in total. The van der Waals surface area contributed by atoms with Crippen LogP contribution >= 0.6 is 22.7 Å². The van der Waals surface area contributed by atoms with Crippen molar-refractivity contribution >= 4 is 28.6 Å². The predicted octanol–water partition coefficient (Wildman–Crippen LogP) is 2.91. The predicted molar refractivity (Wildman–Crippen MR) is 77.4 cm³/mol. The Morgan fingerprint density at radius 2 is 2.37 bits per heavy atom. The van der Waals surface area contributed by atoms with Crippen LogP contribution in [0.3, 0.4) is 0 Å². The van der Waals surface area contributed by atoms with Crippen LogP contribution in [0.4, 0.5) is 0 Å². The lowest BCUT2D eigenvalue weighted by molar-refractivity contribution is -0.141. The molecule has 0 aliphatic heterocycles. The number of rotatable bonds is 6. The van der Waals surface area contributed by atoms with Gasteiger partial charge in [0.25, 0.3) is 0 Å². The second-order valence-electron chi connectivity index (χ2n) is 4.09. The molecule has 2 heterocycles. The van der Waals surface area contributed by atoms with Gasteiger partial charge in [0, 0.05) is 16.8 Å². The number of hydrogen-bond donors (Lipinski definition) is 1. The van der Waals surface area contributed by atoms with Crippen molar-refractivity contribution in [3.63, 3.8) is 0 Å². The Balaban J connectivity index is 1.99. The number of aromatic nitrogens is 1. The molecule has 19 heavy (non-hydrogen) atoms. The van der Waals surface area contributed by atoms with E-state index in [4.69, 9.17) is 4.74 Å². The van der Waals surface area contributed by atoms with Gasteiger partial charge < -0.3 is 10.1 Å². The summed E-state index contributed by atoms with van der Waals surface area (Å²) in [4.78, 5) is 17.0. The number of nitrogens with one attached hydrogen (secondary N) is 1. The van der Waals surface area contributed by atoms with Gasteiger partial charge in [0.1, 0.15) is 0 Å². The molecule has 0 aromatic carbocycles. The number of thiazole rings is 1. The van der Waals surface area contributed by atoms with Crippen molar-refractivity contribution in [3.8, 4) is 0 Å². The van der Waals surface area contributed by atoms with E-state index in [1.807, 2.05) is 29.8 Å². The van der Waals surface area contributed by atoms with Crippen LogP contribution in [0.25, 0.3) is 0 Å². The van der Waals surface area contributed by atoms with Gasteiger partial charge in [0.2, 0.25) is 0 Å². The van der Waals surface area contributed by atoms with Crippen LogP contribution in [0.5, 0.6) is 0 Å². The smallest absolute Gasteiger partial charge is 0.307 e. The molecule has 1 unspecified atom stereocenters. The van der Waals surface area contributed by atoms with E-state index < -0.39 is 0 Å². The average molecular weight is 296 g/mol. The van der Waals surface area contributed by atoms with Crippen LogP contribution in [-0.4, -0.2) is 18.1 Å². The molecule has 2 aromatic heterocycles. The zero-order chi connectivity index (χ0) is 13.7. The molecule has 0 amide bonds. The molecule has 0 spiro atoms. The Morgan fingerprint density at radius 3 is 2.95 bits per heavy atom. The number of aryl methyl sites for hydroxylation is 1. The quantitative estimate of drug-likeness (QED) is 0.833. The minimum absolute atomic E-state index is 0.0190. The number of carbonyl (C=O) groups excluding carboxylic acids is 1. The molecule has 1 atom stereocenters. The van der Waals surface area contributed by atoms with E-state index in [1.165, 1.54) is 7.11 Å². The SMILES string of the molecule is COC(=O)CC(NCc1csc(C)n1)c1cccs1. The molecule has 0 aliphatic carbocycles. The van der Waals surface area contributed by atoms with Crippen molar-refractivity contribution in [2.24, 2.45) is 0 Å². The Labute approximate surface area is 120 Å². The highest BCUT2D eigenvalue weighted by Crippen LogP contribution is 2.23. The highest BCUT2D eigenvalue weighted by atomic mass is 32.1. The summed E-state index contributed by atoms with van der Waals surface area (Å²) in [7, 11) is 1.41. The fraction of sp³-hybridized carbons (Fsp3) is 0.385. The Morgan fingerprint density at radius 1 is 1.53 bits per heavy atom. The maximum absolute atomic E-state index is 11.5. The highest BCUT2D eigenvalue weighted by molar-refractivity contribution is 7.10. The largest absolute Gasteiger partial charge is 0.469 e. The molecule has 2 rings (SSSR count). The average Bonchev–Trinajstić information content (AvgIpc) is 3.05. The van der Waals surface area contributed by atoms with Gasteiger partial charge in [-0.1, -0.05) is 6.07 Å². The molecule has 6 heteroatoms. The number of esters is 1. The first-order valence-corrected chi connectivity index (χ1v) is 7.69. The molecule has 0 fully saturated rings. The van der Waals surface area contributed by atoms with E-state index in [9.17, 15) is 4.79 Å². The van der Waals surface area contributed by atoms with E-state index in [1.54, 1.807) is 22.7 Å². The molecule has 0 saturated carbocycles. The summed E-state index contributed by atoms with van der Waals surface area (Å²) >= 11 is 3.27. The number of hydrogen-bond acceptors (Lipinski definition) is 6. The van der Waals surface area contributed by atoms with Gasteiger partial charge in [-0.2, -0.15) is 0 Å². The van der Waals surface area contributed by atoms with Gasteiger partial charge in [-0.15, -0.1) is 22.7 Å². The first-order valence-electron chi connectivity index (χ1n) is 5.93. The summed E-state index contributed by atoms with van der Waals surface area (Å²) in [6.45, 7) is 2.64. The molecular formula is C13H16N2O2S2. The molecule has 102 valence electrons. The molecule has 0 bridgehead atoms. The fourth-order valence-corrected chi connectivity index (χ4v) is 3.15. The van der Waals surface area contributed by atoms with Crippen LogP contribution in [0.15, 0.2) is 22.9 Å². The van der Waals surface area contributed by atoms with E-state index in [0.29, 0.717) is 13.0 Å². The van der Waals surface area contributed by atoms with Crippen molar-refractivity contribution in [1.29, 1.82) is 0 Å². The zero-order valence-corrected chi connectivity index (χ0v) is 12.5. The van der Waals surface area contributed by atoms with Gasteiger partial charge >= 0.3 is 5.97 Å². The van der Waals surface area contributed by atoms with Crippen LogP contribution in [0.1, 0.15) is 28.0 Å². The standard InChI is InChI=1S/C13H16N2O2S2/c1-9-15-10(8-19-9)7-14-11(6-13(16)17-2)12-4-3-5-18-12/h3-5,8,11,14H,6-7H2,1-2H3. The van der Waals surface area contributed by atoms with Crippen LogP contribution in [-0.2, 0) is 16.1 Å². The topological polar surface area (TPSA) is 51.2 Å². The van der Waals surface area contributed by atoms with E-state index in [-0.39, 0.29) is 12.0 Å². The minimum Gasteiger partial charge on any atom is -0.469 e. The van der Waals surface area contributed by atoms with Gasteiger partial charge in [0.05, 0.1) is 30.3 Å². The van der Waals surface area contributed by atoms with Crippen molar-refractivity contribution in [3.05, 3.63) is 38.5 Å². The van der Waals surface area contributed by atoms with Crippen LogP contribution < -0.4 is 5.32 Å². The number of thiophene rings is 1. The Kier molecular flexibility index (Phi) is 5.07. The summed E-state index contributed by atoms with van der Waals surface area (Å²) in [5, 5.41) is 8.47. The molecule has 0 radical (unpaired) electrons.